The highest BCUT2D eigenvalue weighted by molar-refractivity contribution is 14.1. The van der Waals surface area contributed by atoms with Gasteiger partial charge in [-0.05, 0) is 53.8 Å². The molecular weight excluding hydrogens is 369 g/mol. The van der Waals surface area contributed by atoms with Crippen LogP contribution in [0.4, 0.5) is 5.69 Å². The summed E-state index contributed by atoms with van der Waals surface area (Å²) < 4.78 is 8.40. The minimum Gasteiger partial charge on any atom is -0.482 e. The summed E-state index contributed by atoms with van der Waals surface area (Å²) in [6, 6.07) is 7.85. The molecule has 0 aliphatic carbocycles. The highest BCUT2D eigenvalue weighted by Crippen LogP contribution is 2.34. The first kappa shape index (κ1) is 13.4. The Balaban J connectivity index is 1.97. The van der Waals surface area contributed by atoms with E-state index in [4.69, 9.17) is 4.74 Å². The number of amides is 1. The molecule has 1 amide bonds. The molecule has 0 radical (unpaired) electrons. The molecule has 0 atom stereocenters. The van der Waals surface area contributed by atoms with Gasteiger partial charge in [0.2, 0.25) is 0 Å². The standard InChI is InChI=1S/C14H14IN3O2/c1-9-5-11(17(2)16-9)7-18-12-4-3-10(15)6-13(12)20-8-14(18)19/h3-6H,7-8H2,1-2H3. The molecule has 104 valence electrons. The summed E-state index contributed by atoms with van der Waals surface area (Å²) in [5.74, 6) is 0.730. The van der Waals surface area contributed by atoms with Crippen molar-refractivity contribution in [3.05, 3.63) is 39.2 Å². The highest BCUT2D eigenvalue weighted by atomic mass is 127. The van der Waals surface area contributed by atoms with Crippen LogP contribution in [0.25, 0.3) is 0 Å². The minimum atomic E-state index is -0.0300. The molecule has 20 heavy (non-hydrogen) atoms. The summed E-state index contributed by atoms with van der Waals surface area (Å²) in [5.41, 5.74) is 2.77. The number of ether oxygens (including phenoxy) is 1. The van der Waals surface area contributed by atoms with E-state index in [1.807, 2.05) is 42.9 Å². The number of nitrogens with zero attached hydrogens (tertiary/aromatic N) is 3. The van der Waals surface area contributed by atoms with Gasteiger partial charge in [0.05, 0.1) is 23.6 Å². The first-order valence-corrected chi connectivity index (χ1v) is 7.35. The molecule has 0 N–H and O–H groups in total. The Kier molecular flexibility index (Phi) is 3.41. The third kappa shape index (κ3) is 2.39. The third-order valence-corrected chi connectivity index (χ3v) is 3.95. The molecular formula is C14H14IN3O2. The van der Waals surface area contributed by atoms with Crippen LogP contribution in [0.3, 0.4) is 0 Å². The first-order valence-electron chi connectivity index (χ1n) is 6.27. The summed E-state index contributed by atoms with van der Waals surface area (Å²) in [6.07, 6.45) is 0. The molecule has 1 aromatic carbocycles. The summed E-state index contributed by atoms with van der Waals surface area (Å²) in [4.78, 5) is 13.9. The second-order valence-corrected chi connectivity index (χ2v) is 6.03. The SMILES string of the molecule is Cc1cc(CN2C(=O)COc3cc(I)ccc32)n(C)n1. The van der Waals surface area contributed by atoms with Gasteiger partial charge < -0.3 is 4.74 Å². The highest BCUT2D eigenvalue weighted by Gasteiger charge is 2.26. The molecule has 0 saturated heterocycles. The predicted octanol–water partition coefficient (Wildman–Crippen LogP) is 2.26. The number of fused-ring (bicyclic) bond motifs is 1. The molecule has 0 spiro atoms. The predicted molar refractivity (Wildman–Crippen MR) is 83.8 cm³/mol. The van der Waals surface area contributed by atoms with Crippen LogP contribution in [0.2, 0.25) is 0 Å². The van der Waals surface area contributed by atoms with Crippen molar-refractivity contribution in [3.8, 4) is 5.75 Å². The lowest BCUT2D eigenvalue weighted by Gasteiger charge is -2.29. The van der Waals surface area contributed by atoms with E-state index in [9.17, 15) is 4.79 Å². The van der Waals surface area contributed by atoms with Crippen molar-refractivity contribution in [2.45, 2.75) is 13.5 Å². The fourth-order valence-corrected chi connectivity index (χ4v) is 2.79. The van der Waals surface area contributed by atoms with E-state index in [1.54, 1.807) is 4.90 Å². The third-order valence-electron chi connectivity index (χ3n) is 3.28. The Morgan fingerprint density at radius 3 is 2.90 bits per heavy atom. The minimum absolute atomic E-state index is 0.0300. The summed E-state index contributed by atoms with van der Waals surface area (Å²) >= 11 is 2.23. The number of aromatic nitrogens is 2. The van der Waals surface area contributed by atoms with E-state index in [0.29, 0.717) is 6.54 Å². The zero-order valence-corrected chi connectivity index (χ0v) is 13.4. The van der Waals surface area contributed by atoms with Crippen LogP contribution in [0, 0.1) is 10.5 Å². The van der Waals surface area contributed by atoms with E-state index < -0.39 is 0 Å². The number of benzene rings is 1. The number of anilines is 1. The van der Waals surface area contributed by atoms with Gasteiger partial charge in [-0.2, -0.15) is 5.10 Å². The van der Waals surface area contributed by atoms with Crippen molar-refractivity contribution < 1.29 is 9.53 Å². The summed E-state index contributed by atoms with van der Waals surface area (Å²) in [6.45, 7) is 2.54. The molecule has 0 saturated carbocycles. The van der Waals surface area contributed by atoms with Crippen LogP contribution in [0.5, 0.6) is 5.75 Å². The van der Waals surface area contributed by atoms with Gasteiger partial charge in [-0.3, -0.25) is 14.4 Å². The molecule has 1 aliphatic rings. The fraction of sp³-hybridized carbons (Fsp3) is 0.286. The van der Waals surface area contributed by atoms with E-state index in [2.05, 4.69) is 27.7 Å². The molecule has 0 fully saturated rings. The van der Waals surface area contributed by atoms with Crippen LogP contribution >= 0.6 is 22.6 Å². The average Bonchev–Trinajstić information content (AvgIpc) is 2.71. The number of carbonyl (C=O) groups excluding carboxylic acids is 1. The number of hydrogen-bond acceptors (Lipinski definition) is 3. The Morgan fingerprint density at radius 2 is 2.20 bits per heavy atom. The van der Waals surface area contributed by atoms with Crippen molar-refractivity contribution in [1.29, 1.82) is 0 Å². The molecule has 1 aliphatic heterocycles. The van der Waals surface area contributed by atoms with Crippen LogP contribution in [-0.4, -0.2) is 22.3 Å². The number of halogens is 1. The Bertz CT molecular complexity index is 681. The maximum absolute atomic E-state index is 12.1. The lowest BCUT2D eigenvalue weighted by Crippen LogP contribution is -2.38. The van der Waals surface area contributed by atoms with Crippen molar-refractivity contribution in [2.24, 2.45) is 7.05 Å². The molecule has 0 bridgehead atoms. The van der Waals surface area contributed by atoms with Crippen LogP contribution in [-0.2, 0) is 18.4 Å². The lowest BCUT2D eigenvalue weighted by molar-refractivity contribution is -0.121. The number of carbonyl (C=O) groups is 1. The maximum Gasteiger partial charge on any atom is 0.265 e. The van der Waals surface area contributed by atoms with Gasteiger partial charge in [0, 0.05) is 10.6 Å². The van der Waals surface area contributed by atoms with E-state index in [1.165, 1.54) is 0 Å². The van der Waals surface area contributed by atoms with Gasteiger partial charge in [-0.15, -0.1) is 0 Å². The average molecular weight is 383 g/mol. The molecule has 2 aromatic rings. The monoisotopic (exact) mass is 383 g/mol. The van der Waals surface area contributed by atoms with E-state index in [-0.39, 0.29) is 12.5 Å². The van der Waals surface area contributed by atoms with E-state index in [0.717, 1.165) is 26.4 Å². The topological polar surface area (TPSA) is 47.4 Å². The second kappa shape index (κ2) is 5.08. The molecule has 5 nitrogen and oxygen atoms in total. The lowest BCUT2D eigenvalue weighted by atomic mass is 10.2. The zero-order valence-electron chi connectivity index (χ0n) is 11.3. The second-order valence-electron chi connectivity index (χ2n) is 4.78. The van der Waals surface area contributed by atoms with Crippen LogP contribution < -0.4 is 9.64 Å². The van der Waals surface area contributed by atoms with Gasteiger partial charge in [0.25, 0.3) is 5.91 Å². The largest absolute Gasteiger partial charge is 0.482 e. The van der Waals surface area contributed by atoms with Crippen LogP contribution in [0.1, 0.15) is 11.4 Å². The van der Waals surface area contributed by atoms with Crippen molar-refractivity contribution >= 4 is 34.2 Å². The van der Waals surface area contributed by atoms with Crippen LogP contribution in [0.15, 0.2) is 24.3 Å². The van der Waals surface area contributed by atoms with Crippen molar-refractivity contribution in [3.63, 3.8) is 0 Å². The number of hydrogen-bond donors (Lipinski definition) is 0. The fourth-order valence-electron chi connectivity index (χ4n) is 2.33. The molecule has 2 heterocycles. The Morgan fingerprint density at radius 1 is 1.40 bits per heavy atom. The smallest absolute Gasteiger partial charge is 0.265 e. The molecule has 3 rings (SSSR count). The van der Waals surface area contributed by atoms with Gasteiger partial charge in [0.1, 0.15) is 5.75 Å². The molecule has 1 aromatic heterocycles. The Hall–Kier alpha value is -1.57. The number of aryl methyl sites for hydroxylation is 2. The van der Waals surface area contributed by atoms with Crippen molar-refractivity contribution in [2.75, 3.05) is 11.5 Å². The Labute approximate surface area is 130 Å². The summed E-state index contributed by atoms with van der Waals surface area (Å²) in [5, 5.41) is 4.32. The summed E-state index contributed by atoms with van der Waals surface area (Å²) in [7, 11) is 1.89. The maximum atomic E-state index is 12.1. The number of rotatable bonds is 2. The quantitative estimate of drug-likeness (QED) is 0.748. The normalized spacial score (nSPS) is 14.2. The van der Waals surface area contributed by atoms with Crippen molar-refractivity contribution in [1.82, 2.24) is 9.78 Å². The van der Waals surface area contributed by atoms with E-state index >= 15 is 0 Å². The zero-order chi connectivity index (χ0) is 14.3. The molecule has 0 unspecified atom stereocenters. The van der Waals surface area contributed by atoms with Gasteiger partial charge in [0.15, 0.2) is 6.61 Å². The first-order chi connectivity index (χ1) is 9.54. The van der Waals surface area contributed by atoms with Gasteiger partial charge in [-0.25, -0.2) is 0 Å². The molecule has 6 heteroatoms. The van der Waals surface area contributed by atoms with Gasteiger partial charge in [-0.1, -0.05) is 0 Å². The van der Waals surface area contributed by atoms with Gasteiger partial charge >= 0.3 is 0 Å².